The highest BCUT2D eigenvalue weighted by Gasteiger charge is 2.18. The number of aromatic nitrogens is 2. The van der Waals surface area contributed by atoms with E-state index in [4.69, 9.17) is 4.74 Å². The zero-order valence-corrected chi connectivity index (χ0v) is 14.9. The highest BCUT2D eigenvalue weighted by Crippen LogP contribution is 2.25. The smallest absolute Gasteiger partial charge is 0.219 e. The molecule has 3 rings (SSSR count). The number of amides is 1. The fourth-order valence-electron chi connectivity index (χ4n) is 2.84. The van der Waals surface area contributed by atoms with Crippen molar-refractivity contribution in [3.05, 3.63) is 24.5 Å². The van der Waals surface area contributed by atoms with Crippen LogP contribution in [-0.4, -0.2) is 71.3 Å². The highest BCUT2D eigenvalue weighted by atomic mass is 32.2. The average molecular weight is 346 g/mol. The lowest BCUT2D eigenvalue weighted by molar-refractivity contribution is -0.130. The van der Waals surface area contributed by atoms with E-state index < -0.39 is 0 Å². The van der Waals surface area contributed by atoms with Crippen molar-refractivity contribution < 1.29 is 9.53 Å². The molecule has 0 N–H and O–H groups in total. The maximum atomic E-state index is 11.3. The second-order valence-corrected chi connectivity index (χ2v) is 6.55. The van der Waals surface area contributed by atoms with Gasteiger partial charge in [0.1, 0.15) is 23.7 Å². The summed E-state index contributed by atoms with van der Waals surface area (Å²) in [7, 11) is 0. The average Bonchev–Trinajstić information content (AvgIpc) is 2.61. The van der Waals surface area contributed by atoms with E-state index >= 15 is 0 Å². The molecule has 1 fully saturated rings. The first-order valence-corrected chi connectivity index (χ1v) is 9.29. The van der Waals surface area contributed by atoms with Gasteiger partial charge in [0.15, 0.2) is 0 Å². The molecule has 1 aliphatic heterocycles. The van der Waals surface area contributed by atoms with Crippen LogP contribution in [0.2, 0.25) is 0 Å². The van der Waals surface area contributed by atoms with Crippen molar-refractivity contribution in [2.24, 2.45) is 0 Å². The van der Waals surface area contributed by atoms with Gasteiger partial charge < -0.3 is 9.64 Å². The number of carbonyl (C=O) groups excluding carboxylic acids is 1. The Kier molecular flexibility index (Phi) is 5.52. The molecule has 2 heterocycles. The van der Waals surface area contributed by atoms with Crippen LogP contribution in [0.4, 0.5) is 0 Å². The van der Waals surface area contributed by atoms with Gasteiger partial charge in [0.25, 0.3) is 0 Å². The Balaban J connectivity index is 1.52. The van der Waals surface area contributed by atoms with Gasteiger partial charge in [-0.15, -0.1) is 11.8 Å². The van der Waals surface area contributed by atoms with E-state index in [9.17, 15) is 4.79 Å². The van der Waals surface area contributed by atoms with Crippen molar-refractivity contribution in [3.63, 3.8) is 0 Å². The maximum absolute atomic E-state index is 11.3. The molecule has 128 valence electrons. The van der Waals surface area contributed by atoms with Gasteiger partial charge in [0.2, 0.25) is 5.91 Å². The molecule has 7 heteroatoms. The van der Waals surface area contributed by atoms with E-state index in [1.807, 2.05) is 29.4 Å². The Labute approximate surface area is 146 Å². The van der Waals surface area contributed by atoms with Crippen molar-refractivity contribution in [1.82, 2.24) is 19.8 Å². The molecular weight excluding hydrogens is 324 g/mol. The molecule has 1 aromatic carbocycles. The predicted octanol–water partition coefficient (Wildman–Crippen LogP) is 1.89. The van der Waals surface area contributed by atoms with Crippen molar-refractivity contribution in [3.8, 4) is 5.75 Å². The van der Waals surface area contributed by atoms with Gasteiger partial charge in [-0.1, -0.05) is 0 Å². The number of carbonyl (C=O) groups is 1. The summed E-state index contributed by atoms with van der Waals surface area (Å²) < 4.78 is 5.88. The van der Waals surface area contributed by atoms with Crippen LogP contribution in [0, 0.1) is 0 Å². The van der Waals surface area contributed by atoms with Gasteiger partial charge in [0, 0.05) is 51.1 Å². The number of nitrogens with zero attached hydrogens (tertiary/aromatic N) is 4. The monoisotopic (exact) mass is 346 g/mol. The first-order valence-electron chi connectivity index (χ1n) is 8.07. The minimum atomic E-state index is 0.161. The lowest BCUT2D eigenvalue weighted by Gasteiger charge is -2.34. The van der Waals surface area contributed by atoms with E-state index in [1.165, 1.54) is 0 Å². The van der Waals surface area contributed by atoms with Gasteiger partial charge in [-0.25, -0.2) is 9.97 Å². The lowest BCUT2D eigenvalue weighted by atomic mass is 10.2. The molecule has 2 aromatic rings. The Hall–Kier alpha value is -1.86. The number of ether oxygens (including phenoxy) is 1. The SMILES string of the molecule is CSc1ncnc2cc(OCCN3CCN(C(C)=O)CC3)ccc12. The van der Waals surface area contributed by atoms with Crippen molar-refractivity contribution in [2.75, 3.05) is 45.6 Å². The summed E-state index contributed by atoms with van der Waals surface area (Å²) in [4.78, 5) is 24.1. The summed E-state index contributed by atoms with van der Waals surface area (Å²) in [5.41, 5.74) is 0.905. The second-order valence-electron chi connectivity index (χ2n) is 5.76. The van der Waals surface area contributed by atoms with Gasteiger partial charge in [0.05, 0.1) is 5.52 Å². The molecule has 1 saturated heterocycles. The number of hydrogen-bond donors (Lipinski definition) is 0. The third-order valence-corrected chi connectivity index (χ3v) is 4.97. The fourth-order valence-corrected chi connectivity index (χ4v) is 3.39. The number of piperazine rings is 1. The van der Waals surface area contributed by atoms with Gasteiger partial charge in [-0.05, 0) is 18.4 Å². The standard InChI is InChI=1S/C17H22N4O2S/c1-13(22)21-7-5-20(6-8-21)9-10-23-14-3-4-15-16(11-14)18-12-19-17(15)24-2/h3-4,11-12H,5-10H2,1-2H3. The van der Waals surface area contributed by atoms with Crippen LogP contribution in [0.3, 0.4) is 0 Å². The minimum absolute atomic E-state index is 0.161. The topological polar surface area (TPSA) is 58.6 Å². The van der Waals surface area contributed by atoms with Crippen LogP contribution in [-0.2, 0) is 4.79 Å². The Bertz CT molecular complexity index is 717. The van der Waals surface area contributed by atoms with Crippen LogP contribution in [0.5, 0.6) is 5.75 Å². The second kappa shape index (κ2) is 7.81. The quantitative estimate of drug-likeness (QED) is 0.609. The summed E-state index contributed by atoms with van der Waals surface area (Å²) >= 11 is 1.62. The van der Waals surface area contributed by atoms with Crippen LogP contribution in [0.1, 0.15) is 6.92 Å². The van der Waals surface area contributed by atoms with Crippen LogP contribution < -0.4 is 4.74 Å². The largest absolute Gasteiger partial charge is 0.492 e. The third kappa shape index (κ3) is 3.96. The van der Waals surface area contributed by atoms with Crippen molar-refractivity contribution in [2.45, 2.75) is 11.9 Å². The van der Waals surface area contributed by atoms with Crippen molar-refractivity contribution in [1.29, 1.82) is 0 Å². The normalized spacial score (nSPS) is 15.7. The highest BCUT2D eigenvalue weighted by molar-refractivity contribution is 7.98. The summed E-state index contributed by atoms with van der Waals surface area (Å²) in [5.74, 6) is 0.990. The molecule has 0 radical (unpaired) electrons. The molecule has 0 atom stereocenters. The number of thioether (sulfide) groups is 1. The zero-order chi connectivity index (χ0) is 16.9. The predicted molar refractivity (Wildman–Crippen MR) is 95.5 cm³/mol. The Morgan fingerprint density at radius 3 is 2.75 bits per heavy atom. The number of benzene rings is 1. The van der Waals surface area contributed by atoms with E-state index in [1.54, 1.807) is 25.0 Å². The molecule has 0 saturated carbocycles. The number of rotatable bonds is 5. The molecular formula is C17H22N4O2S. The van der Waals surface area contributed by atoms with Gasteiger partial charge in [-0.3, -0.25) is 9.69 Å². The maximum Gasteiger partial charge on any atom is 0.219 e. The summed E-state index contributed by atoms with van der Waals surface area (Å²) in [6.07, 6.45) is 3.60. The molecule has 1 aliphatic rings. The summed E-state index contributed by atoms with van der Waals surface area (Å²) in [6.45, 7) is 6.55. The van der Waals surface area contributed by atoms with Gasteiger partial charge >= 0.3 is 0 Å². The fraction of sp³-hybridized carbons (Fsp3) is 0.471. The van der Waals surface area contributed by atoms with Crippen LogP contribution >= 0.6 is 11.8 Å². The first-order chi connectivity index (χ1) is 11.7. The molecule has 0 aliphatic carbocycles. The first kappa shape index (κ1) is 17.0. The van der Waals surface area contributed by atoms with E-state index in [-0.39, 0.29) is 5.91 Å². The molecule has 6 nitrogen and oxygen atoms in total. The van der Waals surface area contributed by atoms with E-state index in [0.29, 0.717) is 6.61 Å². The molecule has 0 bridgehead atoms. The number of hydrogen-bond acceptors (Lipinski definition) is 6. The molecule has 1 amide bonds. The molecule has 1 aromatic heterocycles. The van der Waals surface area contributed by atoms with Gasteiger partial charge in [-0.2, -0.15) is 0 Å². The molecule has 24 heavy (non-hydrogen) atoms. The summed E-state index contributed by atoms with van der Waals surface area (Å²) in [6, 6.07) is 5.95. The van der Waals surface area contributed by atoms with Crippen LogP contribution in [0.25, 0.3) is 10.9 Å². The Morgan fingerprint density at radius 2 is 2.04 bits per heavy atom. The molecule has 0 spiro atoms. The number of fused-ring (bicyclic) bond motifs is 1. The zero-order valence-electron chi connectivity index (χ0n) is 14.1. The minimum Gasteiger partial charge on any atom is -0.492 e. The third-order valence-electron chi connectivity index (χ3n) is 4.26. The van der Waals surface area contributed by atoms with E-state index in [0.717, 1.165) is 54.4 Å². The molecule has 0 unspecified atom stereocenters. The Morgan fingerprint density at radius 1 is 1.25 bits per heavy atom. The van der Waals surface area contributed by atoms with E-state index in [2.05, 4.69) is 14.9 Å². The lowest BCUT2D eigenvalue weighted by Crippen LogP contribution is -2.48. The van der Waals surface area contributed by atoms with Crippen LogP contribution in [0.15, 0.2) is 29.6 Å². The van der Waals surface area contributed by atoms with Crippen molar-refractivity contribution >= 4 is 28.6 Å². The summed E-state index contributed by atoms with van der Waals surface area (Å²) in [5, 5.41) is 2.03.